The second-order valence-corrected chi connectivity index (χ2v) is 5.26. The number of nitrogens with one attached hydrogen (secondary N) is 1. The summed E-state index contributed by atoms with van der Waals surface area (Å²) in [5.74, 6) is 0.892. The number of methoxy groups -OCH3 is 1. The van der Waals surface area contributed by atoms with Gasteiger partial charge in [-0.2, -0.15) is 0 Å². The van der Waals surface area contributed by atoms with Crippen LogP contribution >= 0.6 is 0 Å². The van der Waals surface area contributed by atoms with E-state index in [0.29, 0.717) is 19.3 Å². The average molecular weight is 279 g/mol. The molecule has 0 bridgehead atoms. The third-order valence-corrected chi connectivity index (χ3v) is 3.31. The highest BCUT2D eigenvalue weighted by molar-refractivity contribution is 5.46. The third-order valence-electron chi connectivity index (χ3n) is 3.31. The normalized spacial score (nSPS) is 12.2. The van der Waals surface area contributed by atoms with Crippen molar-refractivity contribution in [2.75, 3.05) is 25.6 Å². The average Bonchev–Trinajstić information content (AvgIpc) is 2.46. The Morgan fingerprint density at radius 3 is 2.45 bits per heavy atom. The molecule has 1 aromatic rings. The highest BCUT2D eigenvalue weighted by Gasteiger charge is 2.02. The van der Waals surface area contributed by atoms with Crippen LogP contribution in [0.5, 0.6) is 5.75 Å². The molecule has 0 saturated carbocycles. The van der Waals surface area contributed by atoms with Crippen molar-refractivity contribution < 1.29 is 9.47 Å². The van der Waals surface area contributed by atoms with Crippen molar-refractivity contribution in [3.05, 3.63) is 24.3 Å². The Hall–Kier alpha value is -1.22. The molecule has 0 spiro atoms. The van der Waals surface area contributed by atoms with Crippen LogP contribution in [-0.2, 0) is 4.74 Å². The van der Waals surface area contributed by atoms with Crippen molar-refractivity contribution in [1.82, 2.24) is 0 Å². The van der Waals surface area contributed by atoms with Gasteiger partial charge in [-0.25, -0.2) is 0 Å². The molecule has 1 atom stereocenters. The Balaban J connectivity index is 2.26. The molecule has 3 nitrogen and oxygen atoms in total. The number of hydrogen-bond acceptors (Lipinski definition) is 3. The molecule has 0 fully saturated rings. The summed E-state index contributed by atoms with van der Waals surface area (Å²) < 4.78 is 10.5. The van der Waals surface area contributed by atoms with E-state index < -0.39 is 0 Å². The maximum absolute atomic E-state index is 5.55. The summed E-state index contributed by atoms with van der Waals surface area (Å²) in [6.07, 6.45) is 6.52. The molecule has 0 amide bonds. The van der Waals surface area contributed by atoms with Crippen LogP contribution in [-0.4, -0.2) is 26.4 Å². The SMILES string of the molecule is CCCCCCC(C)Nc1ccc(OCCOC)cc1. The summed E-state index contributed by atoms with van der Waals surface area (Å²) in [6.45, 7) is 5.71. The minimum atomic E-state index is 0.520. The molecule has 0 radical (unpaired) electrons. The summed E-state index contributed by atoms with van der Waals surface area (Å²) in [5.41, 5.74) is 1.16. The van der Waals surface area contributed by atoms with Gasteiger partial charge in [0.05, 0.1) is 6.61 Å². The van der Waals surface area contributed by atoms with Gasteiger partial charge in [0.2, 0.25) is 0 Å². The smallest absolute Gasteiger partial charge is 0.119 e. The van der Waals surface area contributed by atoms with Gasteiger partial charge >= 0.3 is 0 Å². The van der Waals surface area contributed by atoms with E-state index in [1.54, 1.807) is 7.11 Å². The van der Waals surface area contributed by atoms with Crippen LogP contribution in [0.4, 0.5) is 5.69 Å². The molecule has 1 N–H and O–H groups in total. The van der Waals surface area contributed by atoms with Gasteiger partial charge in [0.15, 0.2) is 0 Å². The minimum Gasteiger partial charge on any atom is -0.491 e. The number of benzene rings is 1. The lowest BCUT2D eigenvalue weighted by atomic mass is 10.1. The number of unbranched alkanes of at least 4 members (excludes halogenated alkanes) is 3. The van der Waals surface area contributed by atoms with Gasteiger partial charge in [-0.15, -0.1) is 0 Å². The zero-order valence-electron chi connectivity index (χ0n) is 13.2. The van der Waals surface area contributed by atoms with E-state index >= 15 is 0 Å². The van der Waals surface area contributed by atoms with Crippen LogP contribution in [0.3, 0.4) is 0 Å². The van der Waals surface area contributed by atoms with Gasteiger partial charge in [-0.3, -0.25) is 0 Å². The van der Waals surface area contributed by atoms with Crippen LogP contribution in [0.25, 0.3) is 0 Å². The van der Waals surface area contributed by atoms with Crippen LogP contribution in [0.1, 0.15) is 46.0 Å². The molecule has 0 saturated heterocycles. The van der Waals surface area contributed by atoms with Crippen LogP contribution in [0, 0.1) is 0 Å². The highest BCUT2D eigenvalue weighted by Crippen LogP contribution is 2.17. The Kier molecular flexibility index (Phi) is 8.88. The van der Waals surface area contributed by atoms with E-state index in [1.807, 2.05) is 12.1 Å². The first-order valence-corrected chi connectivity index (χ1v) is 7.74. The molecule has 114 valence electrons. The van der Waals surface area contributed by atoms with Crippen molar-refractivity contribution in [2.45, 2.75) is 52.0 Å². The Morgan fingerprint density at radius 1 is 1.05 bits per heavy atom. The van der Waals surface area contributed by atoms with Gasteiger partial charge in [-0.05, 0) is 37.6 Å². The molecule has 0 heterocycles. The molecule has 3 heteroatoms. The first-order valence-electron chi connectivity index (χ1n) is 7.74. The van der Waals surface area contributed by atoms with E-state index in [4.69, 9.17) is 9.47 Å². The quantitative estimate of drug-likeness (QED) is 0.606. The van der Waals surface area contributed by atoms with Gasteiger partial charge in [0.1, 0.15) is 12.4 Å². The number of ether oxygens (including phenoxy) is 2. The first kappa shape index (κ1) is 16.8. The highest BCUT2D eigenvalue weighted by atomic mass is 16.5. The second-order valence-electron chi connectivity index (χ2n) is 5.26. The molecular weight excluding hydrogens is 250 g/mol. The van der Waals surface area contributed by atoms with E-state index in [2.05, 4.69) is 31.3 Å². The predicted molar refractivity (Wildman–Crippen MR) is 85.7 cm³/mol. The fourth-order valence-corrected chi connectivity index (χ4v) is 2.12. The lowest BCUT2D eigenvalue weighted by Gasteiger charge is -2.15. The van der Waals surface area contributed by atoms with Crippen molar-refractivity contribution in [2.24, 2.45) is 0 Å². The fourth-order valence-electron chi connectivity index (χ4n) is 2.12. The van der Waals surface area contributed by atoms with Crippen molar-refractivity contribution >= 4 is 5.69 Å². The van der Waals surface area contributed by atoms with E-state index in [-0.39, 0.29) is 0 Å². The van der Waals surface area contributed by atoms with Crippen molar-refractivity contribution in [1.29, 1.82) is 0 Å². The third kappa shape index (κ3) is 7.39. The van der Waals surface area contributed by atoms with Gasteiger partial charge in [0.25, 0.3) is 0 Å². The van der Waals surface area contributed by atoms with E-state index in [1.165, 1.54) is 32.1 Å². The number of anilines is 1. The molecule has 0 aliphatic heterocycles. The zero-order valence-corrected chi connectivity index (χ0v) is 13.2. The molecule has 0 aliphatic carbocycles. The first-order chi connectivity index (χ1) is 9.76. The van der Waals surface area contributed by atoms with Crippen LogP contribution in [0.15, 0.2) is 24.3 Å². The van der Waals surface area contributed by atoms with Crippen molar-refractivity contribution in [3.8, 4) is 5.75 Å². The van der Waals surface area contributed by atoms with Gasteiger partial charge in [0, 0.05) is 18.8 Å². The summed E-state index contributed by atoms with van der Waals surface area (Å²) in [5, 5.41) is 3.53. The Morgan fingerprint density at radius 2 is 1.80 bits per heavy atom. The molecule has 1 aromatic carbocycles. The largest absolute Gasteiger partial charge is 0.491 e. The molecule has 1 unspecified atom stereocenters. The predicted octanol–water partition coefficient (Wildman–Crippen LogP) is 4.48. The molecule has 0 aliphatic rings. The lowest BCUT2D eigenvalue weighted by molar-refractivity contribution is 0.146. The molecule has 1 rings (SSSR count). The summed E-state index contributed by atoms with van der Waals surface area (Å²) in [6, 6.07) is 8.67. The maximum Gasteiger partial charge on any atom is 0.119 e. The van der Waals surface area contributed by atoms with Crippen LogP contribution < -0.4 is 10.1 Å². The minimum absolute atomic E-state index is 0.520. The van der Waals surface area contributed by atoms with Crippen LogP contribution in [0.2, 0.25) is 0 Å². The second kappa shape index (κ2) is 10.6. The summed E-state index contributed by atoms with van der Waals surface area (Å²) in [7, 11) is 1.68. The zero-order chi connectivity index (χ0) is 14.6. The molecule has 20 heavy (non-hydrogen) atoms. The molecular formula is C17H29NO2. The monoisotopic (exact) mass is 279 g/mol. The van der Waals surface area contributed by atoms with E-state index in [0.717, 1.165) is 11.4 Å². The van der Waals surface area contributed by atoms with Crippen molar-refractivity contribution in [3.63, 3.8) is 0 Å². The fraction of sp³-hybridized carbons (Fsp3) is 0.647. The standard InChI is InChI=1S/C17H29NO2/c1-4-5-6-7-8-15(2)18-16-9-11-17(12-10-16)20-14-13-19-3/h9-12,15,18H,4-8,13-14H2,1-3H3. The maximum atomic E-state index is 5.55. The summed E-state index contributed by atoms with van der Waals surface area (Å²) in [4.78, 5) is 0. The van der Waals surface area contributed by atoms with Gasteiger partial charge in [-0.1, -0.05) is 32.6 Å². The molecule has 0 aromatic heterocycles. The Bertz CT molecular complexity index is 337. The van der Waals surface area contributed by atoms with Gasteiger partial charge < -0.3 is 14.8 Å². The van der Waals surface area contributed by atoms with E-state index in [9.17, 15) is 0 Å². The number of rotatable bonds is 11. The topological polar surface area (TPSA) is 30.5 Å². The number of hydrogen-bond donors (Lipinski definition) is 1. The Labute approximate surface area is 123 Å². The summed E-state index contributed by atoms with van der Waals surface area (Å²) >= 11 is 0. The lowest BCUT2D eigenvalue weighted by Crippen LogP contribution is -2.14.